The van der Waals surface area contributed by atoms with E-state index in [9.17, 15) is 4.79 Å². The summed E-state index contributed by atoms with van der Waals surface area (Å²) in [5.41, 5.74) is 11.6. The first kappa shape index (κ1) is 34.0. The van der Waals surface area contributed by atoms with Crippen LogP contribution in [0.1, 0.15) is 52.8 Å². The number of nitrogens with zero attached hydrogens (tertiary/aromatic N) is 2. The molecule has 3 aromatic rings. The summed E-state index contributed by atoms with van der Waals surface area (Å²) in [5, 5.41) is 0. The standard InChI is InChI=1S/C22H28N2.C11H13O2.2ClH.Ru/c1-15-11-17(3)21(18(4)12-15)23-7-9-24(10-8-23)22-19(5)13-16(2)14-20(22)6;1-8-6-4-5-7-11(8)13-10(3)9(2)12;;;/h7,9,11-14H,8,10H2,1-6H3;4-7,10H,1H2,2-3H3;2*1H;/q-2;-1;;;+4/p-2. The fraction of sp³-hybridized carbons (Fsp3) is 0.333. The maximum atomic E-state index is 10.9. The van der Waals surface area contributed by atoms with E-state index in [2.05, 4.69) is 95.6 Å². The van der Waals surface area contributed by atoms with Gasteiger partial charge in [0.25, 0.3) is 0 Å². The van der Waals surface area contributed by atoms with Crippen LogP contribution in [0.5, 0.6) is 5.75 Å². The molecule has 1 atom stereocenters. The summed E-state index contributed by atoms with van der Waals surface area (Å²) < 4.78 is 5.39. The summed E-state index contributed by atoms with van der Waals surface area (Å²) in [4.78, 5) is 15.7. The van der Waals surface area contributed by atoms with Crippen LogP contribution in [-0.2, 0) is 19.9 Å². The van der Waals surface area contributed by atoms with Gasteiger partial charge in [-0.15, -0.1) is 6.07 Å². The van der Waals surface area contributed by atoms with E-state index in [-0.39, 0.29) is 20.9 Å². The molecule has 1 unspecified atom stereocenters. The fourth-order valence-electron chi connectivity index (χ4n) is 5.04. The first-order valence-corrected chi connectivity index (χ1v) is 17.7. The number of piperazine rings is 1. The molecule has 0 N–H and O–H groups in total. The van der Waals surface area contributed by atoms with Gasteiger partial charge in [0.1, 0.15) is 6.10 Å². The van der Waals surface area contributed by atoms with Gasteiger partial charge in [-0.3, -0.25) is 4.79 Å². The summed E-state index contributed by atoms with van der Waals surface area (Å²) in [6, 6.07) is 16.5. The Bertz CT molecular complexity index is 1160. The zero-order chi connectivity index (χ0) is 30.0. The average molecular weight is 670 g/mol. The molecule has 1 aliphatic rings. The first-order chi connectivity index (χ1) is 18.9. The van der Waals surface area contributed by atoms with Gasteiger partial charge in [0.2, 0.25) is 0 Å². The fourth-order valence-corrected chi connectivity index (χ4v) is 5.04. The number of Topliss-reactive ketones (excluding diaryl/α,β-unsaturated/α-hetero) is 1. The van der Waals surface area contributed by atoms with Crippen LogP contribution in [0.25, 0.3) is 0 Å². The number of carbonyl (C=O) groups is 1. The molecule has 0 aromatic heterocycles. The van der Waals surface area contributed by atoms with Gasteiger partial charge in [0.15, 0.2) is 5.78 Å². The van der Waals surface area contributed by atoms with E-state index in [0.717, 1.165) is 18.7 Å². The van der Waals surface area contributed by atoms with Crippen LogP contribution in [-0.4, -0.2) is 25.0 Å². The third kappa shape index (κ3) is 9.72. The second-order valence-electron chi connectivity index (χ2n) is 10.2. The van der Waals surface area contributed by atoms with E-state index in [0.29, 0.717) is 5.75 Å². The van der Waals surface area contributed by atoms with Crippen molar-refractivity contribution in [3.05, 3.63) is 107 Å². The number of ketones is 1. The van der Waals surface area contributed by atoms with Gasteiger partial charge in [-0.05, 0) is 77.6 Å². The van der Waals surface area contributed by atoms with Crippen LogP contribution in [0.2, 0.25) is 0 Å². The Morgan fingerprint density at radius 2 is 1.23 bits per heavy atom. The van der Waals surface area contributed by atoms with Crippen molar-refractivity contribution in [3.8, 4) is 5.75 Å². The Kier molecular flexibility index (Phi) is 13.9. The molecule has 0 spiro atoms. The molecule has 4 nitrogen and oxygen atoms in total. The number of carbonyl (C=O) groups excluding carboxylic acids is 1. The molecule has 0 bridgehead atoms. The maximum absolute atomic E-state index is 10.9. The van der Waals surface area contributed by atoms with Crippen molar-refractivity contribution in [2.24, 2.45) is 0 Å². The number of hydrogen-bond donors (Lipinski definition) is 0. The van der Waals surface area contributed by atoms with E-state index in [1.165, 1.54) is 51.7 Å². The van der Waals surface area contributed by atoms with E-state index < -0.39 is 6.10 Å². The number of hydrogen-bond acceptors (Lipinski definition) is 4. The molecule has 1 heterocycles. The first-order valence-electron chi connectivity index (χ1n) is 13.2. The monoisotopic (exact) mass is 669 g/mol. The molecule has 1 fully saturated rings. The third-order valence-corrected chi connectivity index (χ3v) is 6.70. The molecule has 3 aromatic carbocycles. The summed E-state index contributed by atoms with van der Waals surface area (Å²) in [7, 11) is 9.71. The summed E-state index contributed by atoms with van der Waals surface area (Å²) >= 11 is -0.346. The molecule has 4 rings (SSSR count). The number of aryl methyl sites for hydroxylation is 6. The Morgan fingerprint density at radius 3 is 1.55 bits per heavy atom. The van der Waals surface area contributed by atoms with Crippen LogP contribution < -0.4 is 14.5 Å². The van der Waals surface area contributed by atoms with Crippen LogP contribution in [0, 0.1) is 61.6 Å². The van der Waals surface area contributed by atoms with E-state index >= 15 is 0 Å². The Morgan fingerprint density at radius 1 is 0.850 bits per heavy atom. The Balaban J connectivity index is 0.000000295. The molecule has 0 radical (unpaired) electrons. The Labute approximate surface area is 257 Å². The number of halogens is 2. The summed E-state index contributed by atoms with van der Waals surface area (Å²) in [6.45, 7) is 26.7. The van der Waals surface area contributed by atoms with Crippen LogP contribution in [0.4, 0.5) is 11.4 Å². The quantitative estimate of drug-likeness (QED) is 0.201. The van der Waals surface area contributed by atoms with Crippen molar-refractivity contribution in [2.45, 2.75) is 61.5 Å². The summed E-state index contributed by atoms with van der Waals surface area (Å²) in [5.74, 6) is 0.688. The van der Waals surface area contributed by atoms with E-state index in [1.54, 1.807) is 6.92 Å². The molecular formula is C33H41Cl2N2O2Ru-. The molecule has 0 amide bonds. The second kappa shape index (κ2) is 16.3. The number of para-hydroxylation sites is 1. The van der Waals surface area contributed by atoms with Crippen LogP contribution in [0.15, 0.2) is 48.5 Å². The predicted octanol–water partition coefficient (Wildman–Crippen LogP) is 8.79. The number of ether oxygens (including phenoxy) is 1. The topological polar surface area (TPSA) is 32.8 Å². The molecule has 0 saturated carbocycles. The molecule has 7 heteroatoms. The number of benzene rings is 3. The van der Waals surface area contributed by atoms with Gasteiger partial charge in [0, 0.05) is 30.2 Å². The zero-order valence-corrected chi connectivity index (χ0v) is 28.0. The molecule has 1 aliphatic heterocycles. The van der Waals surface area contributed by atoms with Gasteiger partial charge in [0.05, 0.1) is 0 Å². The van der Waals surface area contributed by atoms with Gasteiger partial charge in [-0.25, -0.2) is 0 Å². The van der Waals surface area contributed by atoms with Gasteiger partial charge < -0.3 is 27.6 Å². The zero-order valence-electron chi connectivity index (χ0n) is 24.8. The van der Waals surface area contributed by atoms with Crippen molar-refractivity contribution >= 4 is 36.5 Å². The van der Waals surface area contributed by atoms with Gasteiger partial charge >= 0.3 is 34.5 Å². The minimum absolute atomic E-state index is 0.0169. The third-order valence-electron chi connectivity index (χ3n) is 6.70. The van der Waals surface area contributed by atoms with Gasteiger partial charge in [-0.1, -0.05) is 47.5 Å². The van der Waals surface area contributed by atoms with E-state index in [1.807, 2.05) is 24.3 Å². The van der Waals surface area contributed by atoms with Crippen molar-refractivity contribution in [2.75, 3.05) is 22.9 Å². The SMILES string of the molecule is Cc1cc(C)c(N2[CH-][CH-]N(c3c(C)cc(C)cc3C)CC2)c(C)c1.[CH2-]c1ccccc1OC(C)C(C)=O.[Cl][Ru+2][Cl]. The van der Waals surface area contributed by atoms with Crippen molar-refractivity contribution in [3.63, 3.8) is 0 Å². The average Bonchev–Trinajstić information content (AvgIpc) is 2.86. The molecule has 0 aliphatic carbocycles. The van der Waals surface area contributed by atoms with Crippen LogP contribution in [0.3, 0.4) is 0 Å². The normalized spacial score (nSPS) is 13.4. The van der Waals surface area contributed by atoms with E-state index in [4.69, 9.17) is 24.1 Å². The minimum atomic E-state index is -0.400. The molecule has 218 valence electrons. The second-order valence-corrected chi connectivity index (χ2v) is 12.8. The molecule has 40 heavy (non-hydrogen) atoms. The Hall–Kier alpha value is -2.20. The van der Waals surface area contributed by atoms with Crippen molar-refractivity contribution in [1.82, 2.24) is 0 Å². The van der Waals surface area contributed by atoms with Crippen molar-refractivity contribution in [1.29, 1.82) is 0 Å². The number of anilines is 2. The molecular weight excluding hydrogens is 628 g/mol. The molecule has 1 saturated heterocycles. The summed E-state index contributed by atoms with van der Waals surface area (Å²) in [6.07, 6.45) is -0.400. The predicted molar refractivity (Wildman–Crippen MR) is 168 cm³/mol. The number of rotatable bonds is 5. The van der Waals surface area contributed by atoms with Crippen molar-refractivity contribution < 1.29 is 24.7 Å². The van der Waals surface area contributed by atoms with Gasteiger partial charge in [-0.2, -0.15) is 18.6 Å². The van der Waals surface area contributed by atoms with Crippen LogP contribution >= 0.6 is 19.4 Å².